The standard InChI is InChI=1S/C14H22N2O2.2ClH/c1-11(16-8-6-15-7-9-16)12-4-5-13(17-2)14(10-12)18-3;;/h4-5,10-11,15H,6-9H2,1-3H3;2*1H. The third-order valence-electron chi connectivity index (χ3n) is 3.59. The van der Waals surface area contributed by atoms with E-state index in [1.807, 2.05) is 6.07 Å². The molecular weight excluding hydrogens is 299 g/mol. The average Bonchev–Trinajstić information content (AvgIpc) is 2.46. The van der Waals surface area contributed by atoms with Crippen molar-refractivity contribution < 1.29 is 9.47 Å². The molecular formula is C14H24Cl2N2O2. The van der Waals surface area contributed by atoms with Gasteiger partial charge >= 0.3 is 0 Å². The largest absolute Gasteiger partial charge is 0.493 e. The normalized spacial score (nSPS) is 16.6. The van der Waals surface area contributed by atoms with Gasteiger partial charge in [0.15, 0.2) is 11.5 Å². The highest BCUT2D eigenvalue weighted by molar-refractivity contribution is 5.85. The fourth-order valence-electron chi connectivity index (χ4n) is 2.39. The molecule has 1 aliphatic rings. The minimum Gasteiger partial charge on any atom is -0.493 e. The van der Waals surface area contributed by atoms with E-state index in [0.717, 1.165) is 37.7 Å². The van der Waals surface area contributed by atoms with Gasteiger partial charge in [0, 0.05) is 32.2 Å². The van der Waals surface area contributed by atoms with E-state index >= 15 is 0 Å². The third-order valence-corrected chi connectivity index (χ3v) is 3.59. The number of halogens is 2. The zero-order chi connectivity index (χ0) is 13.0. The molecule has 116 valence electrons. The highest BCUT2D eigenvalue weighted by Gasteiger charge is 2.19. The van der Waals surface area contributed by atoms with E-state index in [4.69, 9.17) is 9.47 Å². The zero-order valence-electron chi connectivity index (χ0n) is 12.2. The second kappa shape index (κ2) is 9.29. The van der Waals surface area contributed by atoms with Crippen molar-refractivity contribution in [2.24, 2.45) is 0 Å². The van der Waals surface area contributed by atoms with E-state index in [9.17, 15) is 0 Å². The Morgan fingerprint density at radius 2 is 1.65 bits per heavy atom. The zero-order valence-corrected chi connectivity index (χ0v) is 13.9. The van der Waals surface area contributed by atoms with Crippen LogP contribution in [0.1, 0.15) is 18.5 Å². The van der Waals surface area contributed by atoms with Crippen molar-refractivity contribution in [2.45, 2.75) is 13.0 Å². The van der Waals surface area contributed by atoms with E-state index < -0.39 is 0 Å². The molecule has 6 heteroatoms. The number of methoxy groups -OCH3 is 2. The first-order valence-corrected chi connectivity index (χ1v) is 6.43. The molecule has 0 bridgehead atoms. The van der Waals surface area contributed by atoms with Gasteiger partial charge in [-0.05, 0) is 24.6 Å². The number of piperazine rings is 1. The van der Waals surface area contributed by atoms with E-state index in [2.05, 4.69) is 29.3 Å². The van der Waals surface area contributed by atoms with Crippen molar-refractivity contribution in [3.8, 4) is 11.5 Å². The van der Waals surface area contributed by atoms with Crippen LogP contribution in [0.4, 0.5) is 0 Å². The molecule has 2 rings (SSSR count). The Bertz CT molecular complexity index is 399. The van der Waals surface area contributed by atoms with Crippen LogP contribution < -0.4 is 14.8 Å². The second-order valence-corrected chi connectivity index (χ2v) is 4.58. The lowest BCUT2D eigenvalue weighted by Gasteiger charge is -2.33. The Kier molecular flexibility index (Phi) is 8.98. The monoisotopic (exact) mass is 322 g/mol. The van der Waals surface area contributed by atoms with Crippen molar-refractivity contribution in [1.29, 1.82) is 0 Å². The summed E-state index contributed by atoms with van der Waals surface area (Å²) in [5.74, 6) is 1.59. The summed E-state index contributed by atoms with van der Waals surface area (Å²) >= 11 is 0. The van der Waals surface area contributed by atoms with Crippen LogP contribution in [0.15, 0.2) is 18.2 Å². The molecule has 0 aliphatic carbocycles. The summed E-state index contributed by atoms with van der Waals surface area (Å²) in [4.78, 5) is 2.48. The molecule has 0 amide bonds. The van der Waals surface area contributed by atoms with Crippen LogP contribution in [0.3, 0.4) is 0 Å². The first kappa shape index (κ1) is 19.3. The maximum Gasteiger partial charge on any atom is 0.161 e. The lowest BCUT2D eigenvalue weighted by Crippen LogP contribution is -2.44. The molecule has 0 saturated carbocycles. The van der Waals surface area contributed by atoms with Gasteiger partial charge in [0.25, 0.3) is 0 Å². The summed E-state index contributed by atoms with van der Waals surface area (Å²) in [5.41, 5.74) is 1.27. The third kappa shape index (κ3) is 4.42. The van der Waals surface area contributed by atoms with Gasteiger partial charge in [0.1, 0.15) is 0 Å². The molecule has 0 radical (unpaired) electrons. The van der Waals surface area contributed by atoms with Crippen molar-refractivity contribution in [2.75, 3.05) is 40.4 Å². The maximum atomic E-state index is 5.36. The highest BCUT2D eigenvalue weighted by Crippen LogP contribution is 2.31. The predicted molar refractivity (Wildman–Crippen MR) is 86.9 cm³/mol. The van der Waals surface area contributed by atoms with Gasteiger partial charge in [-0.2, -0.15) is 0 Å². The van der Waals surface area contributed by atoms with Crippen LogP contribution in [-0.4, -0.2) is 45.3 Å². The molecule has 0 aromatic heterocycles. The lowest BCUT2D eigenvalue weighted by molar-refractivity contribution is 0.185. The van der Waals surface area contributed by atoms with Gasteiger partial charge < -0.3 is 14.8 Å². The summed E-state index contributed by atoms with van der Waals surface area (Å²) in [7, 11) is 3.34. The number of hydrogen-bond donors (Lipinski definition) is 1. The smallest absolute Gasteiger partial charge is 0.161 e. The molecule has 0 spiro atoms. The minimum atomic E-state index is 0. The van der Waals surface area contributed by atoms with Crippen LogP contribution in [0.25, 0.3) is 0 Å². The number of hydrogen-bond acceptors (Lipinski definition) is 4. The predicted octanol–water partition coefficient (Wildman–Crippen LogP) is 2.51. The van der Waals surface area contributed by atoms with Gasteiger partial charge in [-0.3, -0.25) is 4.90 Å². The molecule has 1 aromatic rings. The van der Waals surface area contributed by atoms with Crippen LogP contribution in [0.5, 0.6) is 11.5 Å². The molecule has 1 aliphatic heterocycles. The SMILES string of the molecule is COc1ccc(C(C)N2CCNCC2)cc1OC.Cl.Cl. The minimum absolute atomic E-state index is 0. The molecule has 1 saturated heterocycles. The molecule has 1 aromatic carbocycles. The van der Waals surface area contributed by atoms with Crippen LogP contribution in [-0.2, 0) is 0 Å². The first-order valence-electron chi connectivity index (χ1n) is 6.43. The van der Waals surface area contributed by atoms with Gasteiger partial charge in [-0.15, -0.1) is 24.8 Å². The molecule has 20 heavy (non-hydrogen) atoms. The summed E-state index contributed by atoms with van der Waals surface area (Å²) < 4.78 is 10.6. The van der Waals surface area contributed by atoms with Crippen LogP contribution in [0, 0.1) is 0 Å². The fraction of sp³-hybridized carbons (Fsp3) is 0.571. The molecule has 1 fully saturated rings. The van der Waals surface area contributed by atoms with Gasteiger partial charge in [-0.25, -0.2) is 0 Å². The Morgan fingerprint density at radius 3 is 2.20 bits per heavy atom. The quantitative estimate of drug-likeness (QED) is 0.923. The van der Waals surface area contributed by atoms with Gasteiger partial charge in [-0.1, -0.05) is 6.07 Å². The topological polar surface area (TPSA) is 33.7 Å². The fourth-order valence-corrected chi connectivity index (χ4v) is 2.39. The summed E-state index contributed by atoms with van der Waals surface area (Å²) in [5, 5.41) is 3.38. The Morgan fingerprint density at radius 1 is 1.05 bits per heavy atom. The lowest BCUT2D eigenvalue weighted by atomic mass is 10.1. The van der Waals surface area contributed by atoms with E-state index in [-0.39, 0.29) is 24.8 Å². The molecule has 1 N–H and O–H groups in total. The molecule has 1 unspecified atom stereocenters. The Labute approximate surface area is 133 Å². The van der Waals surface area contributed by atoms with Crippen LogP contribution in [0.2, 0.25) is 0 Å². The van der Waals surface area contributed by atoms with Gasteiger partial charge in [0.2, 0.25) is 0 Å². The number of rotatable bonds is 4. The summed E-state index contributed by atoms with van der Waals surface area (Å²) in [6, 6.07) is 6.58. The van der Waals surface area contributed by atoms with Crippen LogP contribution >= 0.6 is 24.8 Å². The first-order chi connectivity index (χ1) is 8.76. The number of nitrogens with one attached hydrogen (secondary N) is 1. The van der Waals surface area contributed by atoms with E-state index in [1.165, 1.54) is 5.56 Å². The van der Waals surface area contributed by atoms with Crippen molar-refractivity contribution in [3.63, 3.8) is 0 Å². The highest BCUT2D eigenvalue weighted by atomic mass is 35.5. The summed E-state index contributed by atoms with van der Waals surface area (Å²) in [6.45, 7) is 6.56. The number of ether oxygens (including phenoxy) is 2. The molecule has 4 nitrogen and oxygen atoms in total. The van der Waals surface area contributed by atoms with Crippen molar-refractivity contribution >= 4 is 24.8 Å². The van der Waals surface area contributed by atoms with E-state index in [0.29, 0.717) is 6.04 Å². The Balaban J connectivity index is 0.00000180. The molecule has 1 atom stereocenters. The average molecular weight is 323 g/mol. The number of nitrogens with zero attached hydrogens (tertiary/aromatic N) is 1. The second-order valence-electron chi connectivity index (χ2n) is 4.58. The Hall–Kier alpha value is -0.680. The maximum absolute atomic E-state index is 5.36. The molecule has 1 heterocycles. The van der Waals surface area contributed by atoms with E-state index in [1.54, 1.807) is 14.2 Å². The summed E-state index contributed by atoms with van der Waals surface area (Å²) in [6.07, 6.45) is 0. The van der Waals surface area contributed by atoms with Crippen molar-refractivity contribution in [3.05, 3.63) is 23.8 Å². The van der Waals surface area contributed by atoms with Crippen molar-refractivity contribution in [1.82, 2.24) is 10.2 Å². The number of benzene rings is 1. The van der Waals surface area contributed by atoms with Gasteiger partial charge in [0.05, 0.1) is 14.2 Å².